The number of benzene rings is 3. The molecule has 1 aliphatic rings. The molecule has 3 aromatic carbocycles. The van der Waals surface area contributed by atoms with E-state index in [-0.39, 0.29) is 12.1 Å². The number of aryl methyl sites for hydroxylation is 1. The Bertz CT molecular complexity index is 1650. The molecule has 2 aromatic heterocycles. The first kappa shape index (κ1) is 25.5. The second-order valence-electron chi connectivity index (χ2n) is 10.5. The Kier molecular flexibility index (Phi) is 6.64. The number of anilines is 1. The van der Waals surface area contributed by atoms with Gasteiger partial charge in [0.15, 0.2) is 0 Å². The average molecular weight is 532 g/mol. The second-order valence-corrected chi connectivity index (χ2v) is 10.5. The van der Waals surface area contributed by atoms with E-state index >= 15 is 0 Å². The Morgan fingerprint density at radius 1 is 0.975 bits per heavy atom. The molecule has 7 heteroatoms. The summed E-state index contributed by atoms with van der Waals surface area (Å²) in [6.07, 6.45) is 2.06. The lowest BCUT2D eigenvalue weighted by Gasteiger charge is -2.31. The van der Waals surface area contributed by atoms with Gasteiger partial charge in [-0.25, -0.2) is 9.48 Å². The Hall–Kier alpha value is -4.78. The van der Waals surface area contributed by atoms with E-state index in [0.717, 1.165) is 34.0 Å². The van der Waals surface area contributed by atoms with Gasteiger partial charge >= 0.3 is 6.03 Å². The molecule has 0 bridgehead atoms. The summed E-state index contributed by atoms with van der Waals surface area (Å²) in [6.45, 7) is 6.78. The fourth-order valence-corrected chi connectivity index (χ4v) is 5.46. The van der Waals surface area contributed by atoms with Gasteiger partial charge in [0.1, 0.15) is 11.6 Å². The molecule has 0 saturated carbocycles. The second kappa shape index (κ2) is 10.4. The Morgan fingerprint density at radius 2 is 1.75 bits per heavy atom. The number of urea groups is 1. The molecule has 2 amide bonds. The topological polar surface area (TPSA) is 64.3 Å². The Balaban J connectivity index is 1.51. The predicted octanol–water partition coefficient (Wildman–Crippen LogP) is 7.24. The molecule has 1 aliphatic heterocycles. The number of fused-ring (bicyclic) bond motifs is 3. The monoisotopic (exact) mass is 531 g/mol. The quantitative estimate of drug-likeness (QED) is 0.260. The number of nitrogens with zero attached hydrogens (tertiary/aromatic N) is 4. The number of ether oxygens (including phenoxy) is 1. The number of rotatable bonds is 5. The number of amides is 2. The van der Waals surface area contributed by atoms with Crippen molar-refractivity contribution in [3.05, 3.63) is 125 Å². The van der Waals surface area contributed by atoms with E-state index in [4.69, 9.17) is 9.84 Å². The number of nitrogens with one attached hydrogen (secondary N) is 1. The van der Waals surface area contributed by atoms with Gasteiger partial charge in [0, 0.05) is 23.5 Å². The van der Waals surface area contributed by atoms with Crippen molar-refractivity contribution in [2.24, 2.45) is 0 Å². The van der Waals surface area contributed by atoms with Crippen molar-refractivity contribution in [2.45, 2.75) is 39.3 Å². The molecule has 0 saturated heterocycles. The van der Waals surface area contributed by atoms with E-state index in [1.54, 1.807) is 7.11 Å². The number of aromatic nitrogens is 3. The minimum atomic E-state index is -0.321. The normalized spacial score (nSPS) is 14.4. The zero-order chi connectivity index (χ0) is 27.8. The summed E-state index contributed by atoms with van der Waals surface area (Å²) in [4.78, 5) is 16.1. The molecule has 1 N–H and O–H groups in total. The van der Waals surface area contributed by atoms with Crippen LogP contribution in [0.3, 0.4) is 0 Å². The van der Waals surface area contributed by atoms with Gasteiger partial charge in [-0.15, -0.1) is 0 Å². The zero-order valence-electron chi connectivity index (χ0n) is 23.2. The third-order valence-corrected chi connectivity index (χ3v) is 7.59. The molecule has 202 valence electrons. The van der Waals surface area contributed by atoms with Gasteiger partial charge in [-0.05, 0) is 60.4 Å². The molecular weight excluding hydrogens is 498 g/mol. The first-order valence-corrected chi connectivity index (χ1v) is 13.6. The summed E-state index contributed by atoms with van der Waals surface area (Å²) in [6, 6.07) is 29.8. The molecule has 6 rings (SSSR count). The molecule has 0 radical (unpaired) electrons. The number of carbonyl (C=O) groups excluding carboxylic acids is 1. The summed E-state index contributed by atoms with van der Waals surface area (Å²) in [5, 5.41) is 8.06. The lowest BCUT2D eigenvalue weighted by Crippen LogP contribution is -2.38. The van der Waals surface area contributed by atoms with Crippen molar-refractivity contribution in [3.8, 4) is 17.3 Å². The van der Waals surface area contributed by atoms with E-state index in [2.05, 4.69) is 72.4 Å². The lowest BCUT2D eigenvalue weighted by molar-refractivity contribution is 0.194. The number of carbonyl (C=O) groups is 1. The SMILES string of the molecule is COc1cccc(NC(=O)N2Cc3c(C)nn(-c4ccccc4)c3-n3cccc3[C@H]2c2ccc(C(C)C)cc2)c1. The van der Waals surface area contributed by atoms with Crippen LogP contribution in [-0.2, 0) is 6.54 Å². The van der Waals surface area contributed by atoms with E-state index in [9.17, 15) is 4.79 Å². The van der Waals surface area contributed by atoms with E-state index in [0.29, 0.717) is 23.9 Å². The van der Waals surface area contributed by atoms with Crippen LogP contribution >= 0.6 is 0 Å². The lowest BCUT2D eigenvalue weighted by atomic mass is 9.97. The van der Waals surface area contributed by atoms with Crippen LogP contribution in [0.1, 0.15) is 53.9 Å². The Morgan fingerprint density at radius 3 is 2.48 bits per heavy atom. The highest BCUT2D eigenvalue weighted by Gasteiger charge is 2.36. The maximum absolute atomic E-state index is 14.1. The maximum Gasteiger partial charge on any atom is 0.322 e. The highest BCUT2D eigenvalue weighted by molar-refractivity contribution is 5.90. The third-order valence-electron chi connectivity index (χ3n) is 7.59. The minimum absolute atomic E-state index is 0.196. The van der Waals surface area contributed by atoms with Crippen LogP contribution < -0.4 is 10.1 Å². The van der Waals surface area contributed by atoms with Crippen LogP contribution in [0.15, 0.2) is 97.2 Å². The number of para-hydroxylation sites is 1. The Labute approximate surface area is 234 Å². The van der Waals surface area contributed by atoms with Crippen LogP contribution in [0.25, 0.3) is 11.5 Å². The fourth-order valence-electron chi connectivity index (χ4n) is 5.46. The van der Waals surface area contributed by atoms with Crippen LogP contribution in [0.5, 0.6) is 5.75 Å². The zero-order valence-corrected chi connectivity index (χ0v) is 23.2. The number of hydrogen-bond acceptors (Lipinski definition) is 3. The smallest absolute Gasteiger partial charge is 0.322 e. The largest absolute Gasteiger partial charge is 0.497 e. The summed E-state index contributed by atoms with van der Waals surface area (Å²) in [5.41, 5.74) is 6.84. The van der Waals surface area contributed by atoms with Crippen LogP contribution in [0, 0.1) is 6.92 Å². The molecule has 0 spiro atoms. The standard InChI is InChI=1S/C33H33N5O2/c1-22(2)24-15-17-25(18-16-24)31-30-14-9-19-36(30)32-29(23(3)35-38(32)27-11-6-5-7-12-27)21-37(31)33(39)34-26-10-8-13-28(20-26)40-4/h5-20,22,31H,21H2,1-4H3,(H,34,39)/t31-/m1/s1. The van der Waals surface area contributed by atoms with Crippen LogP contribution in [0.2, 0.25) is 0 Å². The van der Waals surface area contributed by atoms with E-state index in [1.807, 2.05) is 65.0 Å². The van der Waals surface area contributed by atoms with Crippen molar-refractivity contribution in [3.63, 3.8) is 0 Å². The predicted molar refractivity (Wildman–Crippen MR) is 158 cm³/mol. The average Bonchev–Trinajstić information content (AvgIpc) is 3.54. The molecule has 7 nitrogen and oxygen atoms in total. The number of hydrogen-bond donors (Lipinski definition) is 1. The molecule has 0 fully saturated rings. The summed E-state index contributed by atoms with van der Waals surface area (Å²) in [5.74, 6) is 2.05. The maximum atomic E-state index is 14.1. The van der Waals surface area contributed by atoms with Gasteiger partial charge in [0.05, 0.1) is 36.8 Å². The molecule has 0 unspecified atom stereocenters. The van der Waals surface area contributed by atoms with Crippen molar-refractivity contribution in [1.82, 2.24) is 19.2 Å². The first-order chi connectivity index (χ1) is 19.4. The van der Waals surface area contributed by atoms with Gasteiger partial charge in [-0.3, -0.25) is 0 Å². The first-order valence-electron chi connectivity index (χ1n) is 13.6. The van der Waals surface area contributed by atoms with Gasteiger partial charge in [0.2, 0.25) is 0 Å². The highest BCUT2D eigenvalue weighted by Crippen LogP contribution is 2.39. The molecule has 3 heterocycles. The van der Waals surface area contributed by atoms with Crippen molar-refractivity contribution >= 4 is 11.7 Å². The van der Waals surface area contributed by atoms with Crippen LogP contribution in [0.4, 0.5) is 10.5 Å². The van der Waals surface area contributed by atoms with Crippen molar-refractivity contribution in [1.29, 1.82) is 0 Å². The summed E-state index contributed by atoms with van der Waals surface area (Å²) < 4.78 is 9.55. The highest BCUT2D eigenvalue weighted by atomic mass is 16.5. The molecule has 5 aromatic rings. The van der Waals surface area contributed by atoms with Crippen LogP contribution in [-0.4, -0.2) is 32.4 Å². The number of methoxy groups -OCH3 is 1. The molecule has 1 atom stereocenters. The van der Waals surface area contributed by atoms with Gasteiger partial charge in [-0.2, -0.15) is 5.10 Å². The van der Waals surface area contributed by atoms with Gasteiger partial charge in [-0.1, -0.05) is 62.4 Å². The summed E-state index contributed by atoms with van der Waals surface area (Å²) in [7, 11) is 1.62. The van der Waals surface area contributed by atoms with Crippen molar-refractivity contribution in [2.75, 3.05) is 12.4 Å². The van der Waals surface area contributed by atoms with Crippen molar-refractivity contribution < 1.29 is 9.53 Å². The molecule has 40 heavy (non-hydrogen) atoms. The minimum Gasteiger partial charge on any atom is -0.497 e. The third kappa shape index (κ3) is 4.53. The van der Waals surface area contributed by atoms with Gasteiger partial charge < -0.3 is 19.5 Å². The summed E-state index contributed by atoms with van der Waals surface area (Å²) >= 11 is 0. The molecule has 0 aliphatic carbocycles. The molecular formula is C33H33N5O2. The fraction of sp³-hybridized carbons (Fsp3) is 0.212. The van der Waals surface area contributed by atoms with Gasteiger partial charge in [0.25, 0.3) is 0 Å². The van der Waals surface area contributed by atoms with E-state index < -0.39 is 0 Å². The van der Waals surface area contributed by atoms with E-state index in [1.165, 1.54) is 5.56 Å².